The molecule has 0 fully saturated rings. The molecule has 0 spiro atoms. The summed E-state index contributed by atoms with van der Waals surface area (Å²) in [6.45, 7) is 2.70. The van der Waals surface area contributed by atoms with Crippen LogP contribution in [-0.4, -0.2) is 25.7 Å². The molecule has 31 heavy (non-hydrogen) atoms. The van der Waals surface area contributed by atoms with Crippen LogP contribution in [-0.2, 0) is 0 Å². The lowest BCUT2D eigenvalue weighted by molar-refractivity contribution is 0.0996. The molecule has 2 atom stereocenters. The molecule has 3 N–H and O–H groups in total. The van der Waals surface area contributed by atoms with Crippen molar-refractivity contribution in [1.82, 2.24) is 5.32 Å². The number of para-hydroxylation sites is 1. The topological polar surface area (TPSA) is 73.6 Å². The van der Waals surface area contributed by atoms with Gasteiger partial charge in [0.15, 0.2) is 0 Å². The summed E-state index contributed by atoms with van der Waals surface area (Å²) in [6.07, 6.45) is 1.78. The maximum absolute atomic E-state index is 11.5. The Morgan fingerprint density at radius 3 is 2.26 bits per heavy atom. The van der Waals surface area contributed by atoms with Crippen molar-refractivity contribution in [2.24, 2.45) is 5.73 Å². The zero-order valence-corrected chi connectivity index (χ0v) is 18.1. The van der Waals surface area contributed by atoms with E-state index in [9.17, 15) is 4.79 Å². The Morgan fingerprint density at radius 1 is 0.935 bits per heavy atom. The summed E-state index contributed by atoms with van der Waals surface area (Å²) < 4.78 is 11.1. The number of benzene rings is 3. The minimum Gasteiger partial charge on any atom is -0.497 e. The fourth-order valence-electron chi connectivity index (χ4n) is 3.56. The van der Waals surface area contributed by atoms with Crippen molar-refractivity contribution in [2.75, 3.05) is 13.7 Å². The second-order valence-corrected chi connectivity index (χ2v) is 7.54. The molecule has 0 saturated heterocycles. The number of methoxy groups -OCH3 is 1. The number of hydrogen-bond donors (Lipinski definition) is 2. The van der Waals surface area contributed by atoms with E-state index in [1.807, 2.05) is 24.3 Å². The van der Waals surface area contributed by atoms with Crippen molar-refractivity contribution in [2.45, 2.75) is 31.8 Å². The molecule has 162 valence electrons. The minimum absolute atomic E-state index is 0.0820. The smallest absolute Gasteiger partial charge is 0.252 e. The van der Waals surface area contributed by atoms with Gasteiger partial charge in [-0.25, -0.2) is 0 Å². The number of amides is 1. The summed E-state index contributed by atoms with van der Waals surface area (Å²) in [6, 6.07) is 26.0. The summed E-state index contributed by atoms with van der Waals surface area (Å²) in [5, 5.41) is 3.74. The predicted octanol–water partition coefficient (Wildman–Crippen LogP) is 4.72. The Morgan fingerprint density at radius 2 is 1.58 bits per heavy atom. The summed E-state index contributed by atoms with van der Waals surface area (Å²) in [7, 11) is 1.67. The van der Waals surface area contributed by atoms with Crippen molar-refractivity contribution in [3.63, 3.8) is 0 Å². The molecule has 0 aromatic heterocycles. The highest BCUT2D eigenvalue weighted by Gasteiger charge is 2.17. The number of rotatable bonds is 11. The lowest BCUT2D eigenvalue weighted by Crippen LogP contribution is -2.31. The third kappa shape index (κ3) is 6.33. The Balaban J connectivity index is 1.59. The van der Waals surface area contributed by atoms with E-state index < -0.39 is 5.91 Å². The van der Waals surface area contributed by atoms with Crippen LogP contribution in [0.5, 0.6) is 11.5 Å². The van der Waals surface area contributed by atoms with Crippen molar-refractivity contribution in [3.8, 4) is 11.5 Å². The average Bonchev–Trinajstić information content (AvgIpc) is 2.81. The maximum atomic E-state index is 11.5. The van der Waals surface area contributed by atoms with Gasteiger partial charge < -0.3 is 20.5 Å². The molecule has 1 amide bonds. The van der Waals surface area contributed by atoms with Crippen LogP contribution in [0, 0.1) is 0 Å². The number of nitrogens with one attached hydrogen (secondary N) is 1. The van der Waals surface area contributed by atoms with Crippen LogP contribution in [0.25, 0.3) is 0 Å². The first kappa shape index (κ1) is 22.4. The van der Waals surface area contributed by atoms with Gasteiger partial charge in [-0.15, -0.1) is 0 Å². The van der Waals surface area contributed by atoms with Crippen LogP contribution in [0.2, 0.25) is 0 Å². The molecule has 0 saturated carbocycles. The number of nitrogens with two attached hydrogens (primary N) is 1. The van der Waals surface area contributed by atoms with Gasteiger partial charge in [0.25, 0.3) is 5.91 Å². The lowest BCUT2D eigenvalue weighted by Gasteiger charge is -2.25. The van der Waals surface area contributed by atoms with E-state index in [1.54, 1.807) is 25.3 Å². The van der Waals surface area contributed by atoms with Crippen LogP contribution in [0.4, 0.5) is 0 Å². The number of carbonyl (C=O) groups is 1. The second-order valence-electron chi connectivity index (χ2n) is 7.54. The Hall–Kier alpha value is -3.31. The summed E-state index contributed by atoms with van der Waals surface area (Å²) in [5.41, 5.74) is 8.23. The van der Waals surface area contributed by atoms with Crippen molar-refractivity contribution in [1.29, 1.82) is 0 Å². The Bertz CT molecular complexity index is 958. The largest absolute Gasteiger partial charge is 0.497 e. The molecule has 3 rings (SSSR count). The van der Waals surface area contributed by atoms with Crippen molar-refractivity contribution >= 4 is 5.91 Å². The lowest BCUT2D eigenvalue weighted by atomic mass is 9.97. The van der Waals surface area contributed by atoms with Crippen LogP contribution < -0.4 is 20.5 Å². The third-order valence-corrected chi connectivity index (χ3v) is 5.22. The van der Waals surface area contributed by atoms with E-state index in [0.29, 0.717) is 17.9 Å². The third-order valence-electron chi connectivity index (χ3n) is 5.22. The molecule has 0 heterocycles. The first-order valence-electron chi connectivity index (χ1n) is 10.5. The van der Waals surface area contributed by atoms with Crippen LogP contribution in [0.1, 0.15) is 47.3 Å². The van der Waals surface area contributed by atoms with Crippen molar-refractivity contribution in [3.05, 3.63) is 95.6 Å². The van der Waals surface area contributed by atoms with Gasteiger partial charge in [-0.05, 0) is 55.2 Å². The quantitative estimate of drug-likeness (QED) is 0.442. The maximum Gasteiger partial charge on any atom is 0.252 e. The number of hydrogen-bond acceptors (Lipinski definition) is 4. The van der Waals surface area contributed by atoms with E-state index in [4.69, 9.17) is 15.2 Å². The Kier molecular flexibility index (Phi) is 8.07. The standard InChI is InChI=1S/C26H30N2O3/c1-19(9-8-18-31-24-13-7-6-12-23(24)26(27)29)28-25(20-10-4-3-5-11-20)21-14-16-22(30-2)17-15-21/h3-7,10-17,19,25,28H,8-9,18H2,1-2H3,(H2,27,29)/t19-,25-/m0/s1. The molecule has 3 aromatic carbocycles. The number of ether oxygens (including phenoxy) is 2. The van der Waals surface area contributed by atoms with Crippen LogP contribution in [0.15, 0.2) is 78.9 Å². The van der Waals surface area contributed by atoms with Crippen LogP contribution in [0.3, 0.4) is 0 Å². The highest BCUT2D eigenvalue weighted by atomic mass is 16.5. The molecule has 0 unspecified atom stereocenters. The van der Waals surface area contributed by atoms with Crippen molar-refractivity contribution < 1.29 is 14.3 Å². The van der Waals surface area contributed by atoms with Gasteiger partial charge in [0.1, 0.15) is 11.5 Å². The molecule has 5 heteroatoms. The van der Waals surface area contributed by atoms with E-state index in [0.717, 1.165) is 18.6 Å². The van der Waals surface area contributed by atoms with Gasteiger partial charge in [-0.2, -0.15) is 0 Å². The second kappa shape index (κ2) is 11.2. The van der Waals surface area contributed by atoms with Gasteiger partial charge >= 0.3 is 0 Å². The molecular weight excluding hydrogens is 388 g/mol. The summed E-state index contributed by atoms with van der Waals surface area (Å²) in [5.74, 6) is 0.906. The average molecular weight is 419 g/mol. The van der Waals surface area contributed by atoms with Crippen LogP contribution >= 0.6 is 0 Å². The van der Waals surface area contributed by atoms with E-state index in [1.165, 1.54) is 11.1 Å². The first-order valence-corrected chi connectivity index (χ1v) is 10.5. The number of carbonyl (C=O) groups excluding carboxylic acids is 1. The predicted molar refractivity (Wildman–Crippen MR) is 124 cm³/mol. The highest BCUT2D eigenvalue weighted by Crippen LogP contribution is 2.25. The van der Waals surface area contributed by atoms with Gasteiger partial charge in [0.2, 0.25) is 0 Å². The van der Waals surface area contributed by atoms with Gasteiger partial charge in [0, 0.05) is 6.04 Å². The zero-order chi connectivity index (χ0) is 22.1. The molecule has 0 aliphatic carbocycles. The molecule has 0 bridgehead atoms. The van der Waals surface area contributed by atoms with Gasteiger partial charge in [-0.3, -0.25) is 4.79 Å². The summed E-state index contributed by atoms with van der Waals surface area (Å²) >= 11 is 0. The fraction of sp³-hybridized carbons (Fsp3) is 0.269. The van der Waals surface area contributed by atoms with Gasteiger partial charge in [-0.1, -0.05) is 54.6 Å². The molecule has 0 radical (unpaired) electrons. The molecule has 0 aliphatic heterocycles. The van der Waals surface area contributed by atoms with Gasteiger partial charge in [0.05, 0.1) is 25.3 Å². The van der Waals surface area contributed by atoms with E-state index in [-0.39, 0.29) is 12.1 Å². The Labute approximate surface area is 184 Å². The highest BCUT2D eigenvalue weighted by molar-refractivity contribution is 5.95. The molecule has 3 aromatic rings. The molecular formula is C26H30N2O3. The van der Waals surface area contributed by atoms with E-state index in [2.05, 4.69) is 48.6 Å². The SMILES string of the molecule is COc1ccc([C@@H](N[C@@H](C)CCCOc2ccccc2C(N)=O)c2ccccc2)cc1. The minimum atomic E-state index is -0.476. The van der Waals surface area contributed by atoms with E-state index >= 15 is 0 Å². The zero-order valence-electron chi connectivity index (χ0n) is 18.1. The normalized spacial score (nSPS) is 12.7. The first-order chi connectivity index (χ1) is 15.1. The molecule has 5 nitrogen and oxygen atoms in total. The number of primary amides is 1. The molecule has 0 aliphatic rings. The monoisotopic (exact) mass is 418 g/mol. The fourth-order valence-corrected chi connectivity index (χ4v) is 3.56. The summed E-state index contributed by atoms with van der Waals surface area (Å²) in [4.78, 5) is 11.5.